The average molecular weight is 411 g/mol. The molecule has 0 radical (unpaired) electrons. The van der Waals surface area contributed by atoms with Gasteiger partial charge in [-0.3, -0.25) is 4.79 Å². The third kappa shape index (κ3) is 5.69. The highest BCUT2D eigenvalue weighted by Crippen LogP contribution is 2.18. The predicted octanol–water partition coefficient (Wildman–Crippen LogP) is 2.97. The molecule has 0 unspecified atom stereocenters. The molecule has 27 heavy (non-hydrogen) atoms. The highest BCUT2D eigenvalue weighted by Gasteiger charge is 2.28. The lowest BCUT2D eigenvalue weighted by molar-refractivity contribution is -0.123. The van der Waals surface area contributed by atoms with Crippen molar-refractivity contribution in [2.75, 3.05) is 7.11 Å². The molecular formula is C19H23ClN2O4S. The number of methoxy groups -OCH3 is 1. The fourth-order valence-electron chi connectivity index (χ4n) is 2.50. The van der Waals surface area contributed by atoms with E-state index >= 15 is 0 Å². The van der Waals surface area contributed by atoms with Crippen molar-refractivity contribution in [3.63, 3.8) is 0 Å². The molecule has 0 saturated heterocycles. The van der Waals surface area contributed by atoms with E-state index in [9.17, 15) is 13.2 Å². The van der Waals surface area contributed by atoms with Crippen molar-refractivity contribution in [2.24, 2.45) is 5.92 Å². The predicted molar refractivity (Wildman–Crippen MR) is 105 cm³/mol. The lowest BCUT2D eigenvalue weighted by atomic mass is 10.0. The molecule has 146 valence electrons. The van der Waals surface area contributed by atoms with Gasteiger partial charge in [0.15, 0.2) is 0 Å². The normalized spacial score (nSPS) is 12.6. The van der Waals surface area contributed by atoms with Crippen molar-refractivity contribution in [3.05, 3.63) is 59.1 Å². The van der Waals surface area contributed by atoms with E-state index in [1.807, 2.05) is 18.2 Å². The molecular weight excluding hydrogens is 388 g/mol. The number of nitrogens with one attached hydrogen (secondary N) is 2. The van der Waals surface area contributed by atoms with Crippen LogP contribution >= 0.6 is 11.6 Å². The molecule has 1 amide bonds. The Bertz CT molecular complexity index is 900. The molecule has 2 aromatic rings. The minimum Gasteiger partial charge on any atom is -0.496 e. The number of ether oxygens (including phenoxy) is 1. The summed E-state index contributed by atoms with van der Waals surface area (Å²) in [7, 11) is -2.34. The lowest BCUT2D eigenvalue weighted by Gasteiger charge is -2.22. The molecule has 0 fully saturated rings. The van der Waals surface area contributed by atoms with Gasteiger partial charge in [0.25, 0.3) is 0 Å². The van der Waals surface area contributed by atoms with Gasteiger partial charge in [0, 0.05) is 17.1 Å². The maximum Gasteiger partial charge on any atom is 0.241 e. The molecule has 0 aromatic heterocycles. The van der Waals surface area contributed by atoms with Crippen LogP contribution in [0.15, 0.2) is 53.4 Å². The summed E-state index contributed by atoms with van der Waals surface area (Å²) < 4.78 is 32.9. The molecule has 2 N–H and O–H groups in total. The summed E-state index contributed by atoms with van der Waals surface area (Å²) >= 11 is 5.88. The largest absolute Gasteiger partial charge is 0.496 e. The molecule has 6 nitrogen and oxygen atoms in total. The van der Waals surface area contributed by atoms with Crippen molar-refractivity contribution in [2.45, 2.75) is 31.3 Å². The zero-order valence-electron chi connectivity index (χ0n) is 15.4. The Balaban J connectivity index is 2.13. The van der Waals surface area contributed by atoms with Crippen LogP contribution in [0, 0.1) is 5.92 Å². The van der Waals surface area contributed by atoms with Crippen LogP contribution in [0.4, 0.5) is 0 Å². The van der Waals surface area contributed by atoms with Crippen molar-refractivity contribution >= 4 is 27.5 Å². The van der Waals surface area contributed by atoms with E-state index < -0.39 is 22.0 Å². The number of benzene rings is 2. The number of halogens is 1. The van der Waals surface area contributed by atoms with E-state index in [1.54, 1.807) is 39.2 Å². The van der Waals surface area contributed by atoms with Crippen LogP contribution < -0.4 is 14.8 Å². The van der Waals surface area contributed by atoms with E-state index in [1.165, 1.54) is 12.1 Å². The maximum atomic E-state index is 12.6. The maximum absolute atomic E-state index is 12.6. The molecule has 2 rings (SSSR count). The first-order valence-corrected chi connectivity index (χ1v) is 10.3. The van der Waals surface area contributed by atoms with Crippen molar-refractivity contribution in [3.8, 4) is 5.75 Å². The molecule has 1 atom stereocenters. The second-order valence-corrected chi connectivity index (χ2v) is 8.48. The van der Waals surface area contributed by atoms with Crippen LogP contribution in [0.25, 0.3) is 0 Å². The molecule has 0 spiro atoms. The molecule has 0 aliphatic carbocycles. The van der Waals surface area contributed by atoms with Crippen LogP contribution in [0.1, 0.15) is 19.4 Å². The van der Waals surface area contributed by atoms with Gasteiger partial charge in [-0.2, -0.15) is 4.72 Å². The van der Waals surface area contributed by atoms with Crippen LogP contribution in [0.2, 0.25) is 5.02 Å². The van der Waals surface area contributed by atoms with Gasteiger partial charge < -0.3 is 10.1 Å². The Hall–Kier alpha value is -2.09. The average Bonchev–Trinajstić information content (AvgIpc) is 2.64. The van der Waals surface area contributed by atoms with Gasteiger partial charge in [0.1, 0.15) is 11.8 Å². The van der Waals surface area contributed by atoms with Crippen LogP contribution in [0.5, 0.6) is 5.75 Å². The van der Waals surface area contributed by atoms with Crippen LogP contribution in [0.3, 0.4) is 0 Å². The lowest BCUT2D eigenvalue weighted by Crippen LogP contribution is -2.49. The number of rotatable bonds is 8. The van der Waals surface area contributed by atoms with Crippen molar-refractivity contribution < 1.29 is 17.9 Å². The first kappa shape index (κ1) is 21.2. The van der Waals surface area contributed by atoms with E-state index in [0.717, 1.165) is 5.56 Å². The number of hydrogen-bond acceptors (Lipinski definition) is 4. The number of sulfonamides is 1. The first-order valence-electron chi connectivity index (χ1n) is 8.42. The minimum absolute atomic E-state index is 0.0122. The summed E-state index contributed by atoms with van der Waals surface area (Å²) in [6.45, 7) is 3.77. The smallest absolute Gasteiger partial charge is 0.241 e. The second kappa shape index (κ2) is 9.21. The molecule has 2 aromatic carbocycles. The zero-order chi connectivity index (χ0) is 20.0. The van der Waals surface area contributed by atoms with E-state index in [4.69, 9.17) is 16.3 Å². The van der Waals surface area contributed by atoms with Gasteiger partial charge >= 0.3 is 0 Å². The molecule has 0 aliphatic rings. The summed E-state index contributed by atoms with van der Waals surface area (Å²) in [4.78, 5) is 12.6. The Morgan fingerprint density at radius 1 is 1.15 bits per heavy atom. The monoisotopic (exact) mass is 410 g/mol. The zero-order valence-corrected chi connectivity index (χ0v) is 17.0. The van der Waals surface area contributed by atoms with E-state index in [-0.39, 0.29) is 17.4 Å². The van der Waals surface area contributed by atoms with Gasteiger partial charge in [-0.05, 0) is 30.2 Å². The molecule has 8 heteroatoms. The standard InChI is InChI=1S/C19H23ClN2O4S/c1-13(2)18(22-27(24,25)16-9-6-8-15(20)11-16)19(23)21-12-14-7-4-5-10-17(14)26-3/h4-11,13,18,22H,12H2,1-3H3,(H,21,23)/t18-/m1/s1. The van der Waals surface area contributed by atoms with Gasteiger partial charge in [-0.1, -0.05) is 49.7 Å². The number of hydrogen-bond donors (Lipinski definition) is 2. The van der Waals surface area contributed by atoms with Gasteiger partial charge in [0.05, 0.1) is 12.0 Å². The summed E-state index contributed by atoms with van der Waals surface area (Å²) in [6, 6.07) is 12.3. The summed E-state index contributed by atoms with van der Waals surface area (Å²) in [5, 5.41) is 3.07. The van der Waals surface area contributed by atoms with Crippen LogP contribution in [-0.4, -0.2) is 27.5 Å². The SMILES string of the molecule is COc1ccccc1CNC(=O)[C@H](NS(=O)(=O)c1cccc(Cl)c1)C(C)C. The summed E-state index contributed by atoms with van der Waals surface area (Å²) in [5.41, 5.74) is 0.800. The number of carbonyl (C=O) groups is 1. The molecule has 0 heterocycles. The molecule has 0 saturated carbocycles. The Kier molecular flexibility index (Phi) is 7.24. The second-order valence-electron chi connectivity index (χ2n) is 6.33. The van der Waals surface area contributed by atoms with Gasteiger partial charge in [0.2, 0.25) is 15.9 Å². The topological polar surface area (TPSA) is 84.5 Å². The third-order valence-corrected chi connectivity index (χ3v) is 5.66. The highest BCUT2D eigenvalue weighted by atomic mass is 35.5. The molecule has 0 bridgehead atoms. The Morgan fingerprint density at radius 3 is 2.48 bits per heavy atom. The Morgan fingerprint density at radius 2 is 1.85 bits per heavy atom. The van der Waals surface area contributed by atoms with E-state index in [2.05, 4.69) is 10.0 Å². The van der Waals surface area contributed by atoms with Gasteiger partial charge in [-0.25, -0.2) is 8.42 Å². The van der Waals surface area contributed by atoms with Gasteiger partial charge in [-0.15, -0.1) is 0 Å². The first-order chi connectivity index (χ1) is 12.7. The number of carbonyl (C=O) groups excluding carboxylic acids is 1. The highest BCUT2D eigenvalue weighted by molar-refractivity contribution is 7.89. The van der Waals surface area contributed by atoms with Crippen molar-refractivity contribution in [1.82, 2.24) is 10.0 Å². The van der Waals surface area contributed by atoms with E-state index in [0.29, 0.717) is 10.8 Å². The minimum atomic E-state index is -3.89. The fourth-order valence-corrected chi connectivity index (χ4v) is 4.15. The Labute approximate surface area is 164 Å². The van der Waals surface area contributed by atoms with Crippen molar-refractivity contribution in [1.29, 1.82) is 0 Å². The third-order valence-electron chi connectivity index (χ3n) is 3.98. The fraction of sp³-hybridized carbons (Fsp3) is 0.316. The van der Waals surface area contributed by atoms with Crippen LogP contribution in [-0.2, 0) is 21.4 Å². The summed E-state index contributed by atoms with van der Waals surface area (Å²) in [5.74, 6) is -0.0171. The number of amides is 1. The summed E-state index contributed by atoms with van der Waals surface area (Å²) in [6.07, 6.45) is 0. The number of para-hydroxylation sites is 1. The quantitative estimate of drug-likeness (QED) is 0.700. The molecule has 0 aliphatic heterocycles.